The van der Waals surface area contributed by atoms with Gasteiger partial charge in [-0.25, -0.2) is 0 Å². The third kappa shape index (κ3) is 2.45. The molecule has 17 heavy (non-hydrogen) atoms. The van der Waals surface area contributed by atoms with Gasteiger partial charge in [0.2, 0.25) is 0 Å². The van der Waals surface area contributed by atoms with Gasteiger partial charge in [0.05, 0.1) is 0 Å². The van der Waals surface area contributed by atoms with Gasteiger partial charge in [-0.15, -0.1) is 0 Å². The number of carbonyl (C=O) groups is 2. The largest absolute Gasteiger partial charge is 0.427 e. The Kier molecular flexibility index (Phi) is 3.10. The number of aliphatic hydroxyl groups excluding tert-OH is 1. The Bertz CT molecular complexity index is 440. The highest BCUT2D eigenvalue weighted by Crippen LogP contribution is 2.24. The number of nitrogens with zero attached hydrogens (tertiary/aromatic N) is 1. The lowest BCUT2D eigenvalue weighted by atomic mass is 10.3. The zero-order valence-electron chi connectivity index (χ0n) is 9.42. The van der Waals surface area contributed by atoms with Crippen LogP contribution in [0.25, 0.3) is 0 Å². The van der Waals surface area contributed by atoms with Crippen molar-refractivity contribution in [3.63, 3.8) is 0 Å². The maximum Gasteiger partial charge on any atom is 0.308 e. The van der Waals surface area contributed by atoms with E-state index in [0.717, 1.165) is 0 Å². The van der Waals surface area contributed by atoms with Crippen LogP contribution in [-0.2, 0) is 9.59 Å². The monoisotopic (exact) mass is 235 g/mol. The molecule has 0 bridgehead atoms. The van der Waals surface area contributed by atoms with E-state index in [9.17, 15) is 14.7 Å². The maximum atomic E-state index is 11.6. The zero-order chi connectivity index (χ0) is 12.4. The Hall–Kier alpha value is -1.88. The first-order valence-corrected chi connectivity index (χ1v) is 5.36. The first kappa shape index (κ1) is 11.6. The summed E-state index contributed by atoms with van der Waals surface area (Å²) < 4.78 is 4.89. The van der Waals surface area contributed by atoms with Crippen molar-refractivity contribution in [2.45, 2.75) is 19.4 Å². The highest BCUT2D eigenvalue weighted by atomic mass is 16.5. The number of amides is 1. The summed E-state index contributed by atoms with van der Waals surface area (Å²) in [7, 11) is 0. The topological polar surface area (TPSA) is 66.8 Å². The molecule has 0 radical (unpaired) electrons. The Labute approximate surface area is 98.6 Å². The van der Waals surface area contributed by atoms with Gasteiger partial charge in [0.15, 0.2) is 0 Å². The molecule has 0 saturated carbocycles. The molecule has 5 nitrogen and oxygen atoms in total. The smallest absolute Gasteiger partial charge is 0.308 e. The van der Waals surface area contributed by atoms with Gasteiger partial charge >= 0.3 is 5.97 Å². The molecule has 1 unspecified atom stereocenters. The lowest BCUT2D eigenvalue weighted by Crippen LogP contribution is -2.28. The normalized spacial score (nSPS) is 19.5. The Morgan fingerprint density at radius 3 is 2.53 bits per heavy atom. The van der Waals surface area contributed by atoms with Crippen molar-refractivity contribution >= 4 is 17.6 Å². The molecule has 1 N–H and O–H groups in total. The molecule has 1 aliphatic heterocycles. The summed E-state index contributed by atoms with van der Waals surface area (Å²) in [4.78, 5) is 23.8. The number of aliphatic hydroxyl groups is 1. The summed E-state index contributed by atoms with van der Waals surface area (Å²) in [6.07, 6.45) is -0.451. The van der Waals surface area contributed by atoms with Gasteiger partial charge in [0, 0.05) is 25.6 Å². The van der Waals surface area contributed by atoms with E-state index in [1.807, 2.05) is 0 Å². The summed E-state index contributed by atoms with van der Waals surface area (Å²) in [5.74, 6) is -0.232. The Morgan fingerprint density at radius 2 is 2.06 bits per heavy atom. The summed E-state index contributed by atoms with van der Waals surface area (Å²) in [5, 5.41) is 9.34. The van der Waals surface area contributed by atoms with Crippen LogP contribution in [0.1, 0.15) is 13.3 Å². The lowest BCUT2D eigenvalue weighted by molar-refractivity contribution is -0.131. The van der Waals surface area contributed by atoms with Gasteiger partial charge in [-0.05, 0) is 24.3 Å². The fourth-order valence-electron chi connectivity index (χ4n) is 1.78. The third-order valence-electron chi connectivity index (χ3n) is 2.59. The van der Waals surface area contributed by atoms with E-state index in [2.05, 4.69) is 0 Å². The minimum absolute atomic E-state index is 0.287. The van der Waals surface area contributed by atoms with Crippen molar-refractivity contribution in [3.05, 3.63) is 24.3 Å². The van der Waals surface area contributed by atoms with Gasteiger partial charge in [-0.1, -0.05) is 0 Å². The molecule has 1 fully saturated rings. The molecule has 0 aromatic heterocycles. The number of ether oxygens (including phenoxy) is 1. The fourth-order valence-corrected chi connectivity index (χ4v) is 1.78. The number of carbonyl (C=O) groups excluding carboxylic acids is 2. The molecule has 1 aromatic carbocycles. The second-order valence-corrected chi connectivity index (χ2v) is 3.88. The number of hydrogen-bond donors (Lipinski definition) is 1. The SMILES string of the molecule is CC(=O)Oc1ccc(N2CCC(O)C2=O)cc1. The molecule has 90 valence electrons. The highest BCUT2D eigenvalue weighted by molar-refractivity contribution is 5.98. The molecule has 5 heteroatoms. The van der Waals surface area contributed by atoms with E-state index in [1.165, 1.54) is 11.8 Å². The first-order valence-electron chi connectivity index (χ1n) is 5.36. The zero-order valence-corrected chi connectivity index (χ0v) is 9.42. The molecule has 0 spiro atoms. The third-order valence-corrected chi connectivity index (χ3v) is 2.59. The molecule has 1 heterocycles. The quantitative estimate of drug-likeness (QED) is 0.605. The number of hydrogen-bond acceptors (Lipinski definition) is 4. The minimum atomic E-state index is -0.900. The van der Waals surface area contributed by atoms with Crippen LogP contribution < -0.4 is 9.64 Å². The van der Waals surface area contributed by atoms with Gasteiger partial charge in [0.25, 0.3) is 5.91 Å². The number of benzene rings is 1. The second kappa shape index (κ2) is 4.55. The molecule has 1 saturated heterocycles. The summed E-state index contributed by atoms with van der Waals surface area (Å²) >= 11 is 0. The molecule has 0 aliphatic carbocycles. The molecule has 1 amide bonds. The number of rotatable bonds is 2. The molecular weight excluding hydrogens is 222 g/mol. The van der Waals surface area contributed by atoms with E-state index in [-0.39, 0.29) is 11.9 Å². The van der Waals surface area contributed by atoms with Crippen LogP contribution >= 0.6 is 0 Å². The first-order chi connectivity index (χ1) is 8.08. The van der Waals surface area contributed by atoms with E-state index in [0.29, 0.717) is 24.4 Å². The van der Waals surface area contributed by atoms with Crippen molar-refractivity contribution in [2.24, 2.45) is 0 Å². The number of esters is 1. The Balaban J connectivity index is 2.13. The van der Waals surface area contributed by atoms with Crippen LogP contribution in [0.4, 0.5) is 5.69 Å². The summed E-state index contributed by atoms with van der Waals surface area (Å²) in [5.41, 5.74) is 0.697. The van der Waals surface area contributed by atoms with Crippen LogP contribution in [0.2, 0.25) is 0 Å². The molecule has 1 aromatic rings. The van der Waals surface area contributed by atoms with Crippen LogP contribution in [-0.4, -0.2) is 29.6 Å². The standard InChI is InChI=1S/C12H13NO4/c1-8(14)17-10-4-2-9(3-5-10)13-7-6-11(15)12(13)16/h2-5,11,15H,6-7H2,1H3. The van der Waals surface area contributed by atoms with Crippen molar-refractivity contribution < 1.29 is 19.4 Å². The van der Waals surface area contributed by atoms with Crippen LogP contribution in [0, 0.1) is 0 Å². The van der Waals surface area contributed by atoms with Gasteiger partial charge in [0.1, 0.15) is 11.9 Å². The summed E-state index contributed by atoms with van der Waals surface area (Å²) in [6, 6.07) is 6.62. The highest BCUT2D eigenvalue weighted by Gasteiger charge is 2.30. The maximum absolute atomic E-state index is 11.6. The van der Waals surface area contributed by atoms with Crippen molar-refractivity contribution in [3.8, 4) is 5.75 Å². The van der Waals surface area contributed by atoms with E-state index >= 15 is 0 Å². The molecule has 2 rings (SSSR count). The lowest BCUT2D eigenvalue weighted by Gasteiger charge is -2.15. The van der Waals surface area contributed by atoms with Crippen LogP contribution in [0.15, 0.2) is 24.3 Å². The average Bonchev–Trinajstić information content (AvgIpc) is 2.60. The van der Waals surface area contributed by atoms with Crippen molar-refractivity contribution in [2.75, 3.05) is 11.4 Å². The van der Waals surface area contributed by atoms with Crippen LogP contribution in [0.3, 0.4) is 0 Å². The second-order valence-electron chi connectivity index (χ2n) is 3.88. The molecule has 1 atom stereocenters. The number of anilines is 1. The molecular formula is C12H13NO4. The van der Waals surface area contributed by atoms with Crippen LogP contribution in [0.5, 0.6) is 5.75 Å². The molecule has 1 aliphatic rings. The van der Waals surface area contributed by atoms with E-state index in [4.69, 9.17) is 4.74 Å². The Morgan fingerprint density at radius 1 is 1.41 bits per heavy atom. The van der Waals surface area contributed by atoms with Crippen molar-refractivity contribution in [1.29, 1.82) is 0 Å². The average molecular weight is 235 g/mol. The van der Waals surface area contributed by atoms with Gasteiger partial charge in [-0.3, -0.25) is 9.59 Å². The van der Waals surface area contributed by atoms with Gasteiger partial charge < -0.3 is 14.7 Å². The predicted octanol–water partition coefficient (Wildman–Crippen LogP) is 0.710. The van der Waals surface area contributed by atoms with Crippen molar-refractivity contribution in [1.82, 2.24) is 0 Å². The minimum Gasteiger partial charge on any atom is -0.427 e. The predicted molar refractivity (Wildman–Crippen MR) is 60.7 cm³/mol. The summed E-state index contributed by atoms with van der Waals surface area (Å²) in [6.45, 7) is 1.83. The fraction of sp³-hybridized carbons (Fsp3) is 0.333. The van der Waals surface area contributed by atoms with Gasteiger partial charge in [-0.2, -0.15) is 0 Å². The van der Waals surface area contributed by atoms with E-state index < -0.39 is 6.10 Å². The van der Waals surface area contributed by atoms with E-state index in [1.54, 1.807) is 24.3 Å².